The molecule has 0 saturated carbocycles. The van der Waals surface area contributed by atoms with Crippen molar-refractivity contribution in [2.75, 3.05) is 13.7 Å². The van der Waals surface area contributed by atoms with Gasteiger partial charge >= 0.3 is 19.5 Å². The van der Waals surface area contributed by atoms with E-state index in [1.807, 2.05) is 0 Å². The molecule has 2 aliphatic heterocycles. The third kappa shape index (κ3) is 5.03. The third-order valence-corrected chi connectivity index (χ3v) is 7.07. The number of imide groups is 1. The zero-order valence-corrected chi connectivity index (χ0v) is 18.2. The van der Waals surface area contributed by atoms with Crippen LogP contribution in [0.2, 0.25) is 0 Å². The molecule has 0 aromatic carbocycles. The molecule has 11 nitrogen and oxygen atoms in total. The number of nitrogens with one attached hydrogen (secondary N) is 3. The number of ether oxygens (including phenoxy) is 2. The van der Waals surface area contributed by atoms with E-state index in [-0.39, 0.29) is 18.6 Å². The number of rotatable bonds is 8. The highest BCUT2D eigenvalue weighted by Gasteiger charge is 2.49. The molecule has 0 radical (unpaired) electrons. The Bertz CT molecular complexity index is 729. The van der Waals surface area contributed by atoms with E-state index in [2.05, 4.69) is 15.1 Å². The number of carbonyl (C=O) groups is 3. The Kier molecular flexibility index (Phi) is 7.21. The van der Waals surface area contributed by atoms with Gasteiger partial charge in [-0.05, 0) is 40.5 Å². The molecule has 5 atom stereocenters. The van der Waals surface area contributed by atoms with Crippen molar-refractivity contribution in [2.45, 2.75) is 65.0 Å². The van der Waals surface area contributed by atoms with Crippen LogP contribution >= 0.6 is 7.52 Å². The smallest absolute Gasteiger partial charge is 0.326 e. The maximum absolute atomic E-state index is 12.6. The molecule has 12 heteroatoms. The number of urea groups is 1. The summed E-state index contributed by atoms with van der Waals surface area (Å²) in [7, 11) is -2.50. The summed E-state index contributed by atoms with van der Waals surface area (Å²) < 4.78 is 28.5. The normalized spacial score (nSPS) is 29.7. The number of amides is 3. The summed E-state index contributed by atoms with van der Waals surface area (Å²) in [5, 5.41) is 12.2. The molecule has 2 rings (SSSR count). The molecular weight excluding hydrogens is 403 g/mol. The number of nitrogens with zero attached hydrogens (tertiary/aromatic N) is 1. The molecule has 2 fully saturated rings. The fourth-order valence-corrected chi connectivity index (χ4v) is 4.49. The molecular formula is C17H29N4O7P. The van der Waals surface area contributed by atoms with E-state index in [9.17, 15) is 18.9 Å². The second-order valence-electron chi connectivity index (χ2n) is 7.75. The van der Waals surface area contributed by atoms with Gasteiger partial charge in [0.15, 0.2) is 0 Å². The molecule has 0 aromatic heterocycles. The standard InChI is InChI=1S/C17H29N4O7P/c1-10(14(22)26-5)20-29(25,9-18)27-8-12-6-7-13(28-12)21-11(2)17(3,4)15(23)19-16(21)24/h9-13,18H,6-8H2,1-5H3,(H,20,25)(H,19,23,24). The van der Waals surface area contributed by atoms with Crippen LogP contribution in [0.15, 0.2) is 0 Å². The largest absolute Gasteiger partial charge is 0.468 e. The Morgan fingerprint density at radius 2 is 2.14 bits per heavy atom. The minimum absolute atomic E-state index is 0.0871. The van der Waals surface area contributed by atoms with Crippen LogP contribution in [0.4, 0.5) is 4.79 Å². The summed E-state index contributed by atoms with van der Waals surface area (Å²) in [5.41, 5.74) is -0.768. The molecule has 29 heavy (non-hydrogen) atoms. The first kappa shape index (κ1) is 23.5. The third-order valence-electron chi connectivity index (χ3n) is 5.45. The molecule has 0 aliphatic carbocycles. The van der Waals surface area contributed by atoms with Crippen LogP contribution in [0.1, 0.15) is 40.5 Å². The van der Waals surface area contributed by atoms with Crippen molar-refractivity contribution >= 4 is 31.4 Å². The lowest BCUT2D eigenvalue weighted by molar-refractivity contribution is -0.142. The first-order valence-corrected chi connectivity index (χ1v) is 11.0. The first-order chi connectivity index (χ1) is 13.4. The van der Waals surface area contributed by atoms with Crippen LogP contribution in [0.5, 0.6) is 0 Å². The second kappa shape index (κ2) is 8.91. The lowest BCUT2D eigenvalue weighted by atomic mass is 9.81. The van der Waals surface area contributed by atoms with Crippen LogP contribution in [0.3, 0.4) is 0 Å². The summed E-state index contributed by atoms with van der Waals surface area (Å²) in [5.74, 6) is -0.329. The van der Waals surface area contributed by atoms with Gasteiger partial charge in [-0.1, -0.05) is 0 Å². The SMILES string of the molecule is COC(=O)C(C)NP(=O)(C=N)OCC1CCC(N2C(=O)NC(=O)C(C)(C)C2C)O1. The summed E-state index contributed by atoms with van der Waals surface area (Å²) in [6.07, 6.45) is 0.0633. The number of methoxy groups -OCH3 is 1. The first-order valence-electron chi connectivity index (χ1n) is 9.36. The summed E-state index contributed by atoms with van der Waals surface area (Å²) in [6.45, 7) is 6.68. The quantitative estimate of drug-likeness (QED) is 0.296. The monoisotopic (exact) mass is 432 g/mol. The molecule has 2 aliphatic rings. The maximum atomic E-state index is 12.6. The molecule has 3 N–H and O–H groups in total. The van der Waals surface area contributed by atoms with Gasteiger partial charge in [-0.25, -0.2) is 9.88 Å². The van der Waals surface area contributed by atoms with E-state index < -0.39 is 43.3 Å². The van der Waals surface area contributed by atoms with Crippen molar-refractivity contribution < 1.29 is 32.9 Å². The molecule has 0 spiro atoms. The summed E-state index contributed by atoms with van der Waals surface area (Å²) >= 11 is 0. The number of esters is 1. The van der Waals surface area contributed by atoms with Gasteiger partial charge < -0.3 is 19.4 Å². The molecule has 164 valence electrons. The molecule has 0 aromatic rings. The van der Waals surface area contributed by atoms with E-state index in [1.54, 1.807) is 20.8 Å². The summed E-state index contributed by atoms with van der Waals surface area (Å²) in [4.78, 5) is 37.4. The number of carbonyl (C=O) groups excluding carboxylic acids is 3. The average molecular weight is 432 g/mol. The molecule has 0 bridgehead atoms. The predicted octanol–water partition coefficient (Wildman–Crippen LogP) is 1.43. The van der Waals surface area contributed by atoms with Crippen molar-refractivity contribution in [1.82, 2.24) is 15.3 Å². The van der Waals surface area contributed by atoms with Gasteiger partial charge in [0, 0.05) is 6.04 Å². The highest BCUT2D eigenvalue weighted by molar-refractivity contribution is 7.72. The molecule has 2 saturated heterocycles. The topological polar surface area (TPSA) is 147 Å². The van der Waals surface area contributed by atoms with E-state index in [0.717, 1.165) is 0 Å². The van der Waals surface area contributed by atoms with Crippen LogP contribution in [-0.4, -0.2) is 66.9 Å². The minimum Gasteiger partial charge on any atom is -0.468 e. The Hall–Kier alpha value is -1.81. The lowest BCUT2D eigenvalue weighted by Crippen LogP contribution is -2.65. The maximum Gasteiger partial charge on any atom is 0.326 e. The fraction of sp³-hybridized carbons (Fsp3) is 0.765. The second-order valence-corrected chi connectivity index (χ2v) is 9.72. The van der Waals surface area contributed by atoms with Crippen molar-refractivity contribution in [1.29, 1.82) is 5.41 Å². The fourth-order valence-electron chi connectivity index (χ4n) is 3.24. The highest BCUT2D eigenvalue weighted by Crippen LogP contribution is 2.41. The predicted molar refractivity (Wildman–Crippen MR) is 103 cm³/mol. The molecule has 2 heterocycles. The van der Waals surface area contributed by atoms with Crippen molar-refractivity contribution in [3.05, 3.63) is 0 Å². The van der Waals surface area contributed by atoms with Gasteiger partial charge in [-0.2, -0.15) is 0 Å². The Balaban J connectivity index is 1.96. The zero-order valence-electron chi connectivity index (χ0n) is 17.3. The van der Waals surface area contributed by atoms with Gasteiger partial charge in [0.05, 0.1) is 31.2 Å². The van der Waals surface area contributed by atoms with E-state index >= 15 is 0 Å². The van der Waals surface area contributed by atoms with Crippen molar-refractivity contribution in [2.24, 2.45) is 5.41 Å². The minimum atomic E-state index is -3.71. The van der Waals surface area contributed by atoms with Crippen molar-refractivity contribution in [3.8, 4) is 0 Å². The van der Waals surface area contributed by atoms with Crippen LogP contribution in [-0.2, 0) is 28.2 Å². The number of hydrogen-bond acceptors (Lipinski definition) is 8. The van der Waals surface area contributed by atoms with Gasteiger partial charge in [-0.3, -0.25) is 24.4 Å². The van der Waals surface area contributed by atoms with Gasteiger partial charge in [0.1, 0.15) is 12.3 Å². The van der Waals surface area contributed by atoms with Crippen LogP contribution in [0, 0.1) is 10.8 Å². The van der Waals surface area contributed by atoms with Crippen LogP contribution < -0.4 is 10.4 Å². The average Bonchev–Trinajstić information content (AvgIpc) is 3.13. The lowest BCUT2D eigenvalue weighted by Gasteiger charge is -2.45. The Morgan fingerprint density at radius 3 is 2.72 bits per heavy atom. The van der Waals surface area contributed by atoms with Crippen molar-refractivity contribution in [3.63, 3.8) is 0 Å². The van der Waals surface area contributed by atoms with E-state index in [0.29, 0.717) is 18.8 Å². The Morgan fingerprint density at radius 1 is 1.48 bits per heavy atom. The molecule has 5 unspecified atom stereocenters. The summed E-state index contributed by atoms with van der Waals surface area (Å²) in [6, 6.07) is -1.79. The van der Waals surface area contributed by atoms with E-state index in [1.165, 1.54) is 18.9 Å². The van der Waals surface area contributed by atoms with Crippen LogP contribution in [0.25, 0.3) is 0 Å². The number of hydrogen-bond donors (Lipinski definition) is 3. The zero-order chi connectivity index (χ0) is 22.0. The van der Waals surface area contributed by atoms with E-state index in [4.69, 9.17) is 14.7 Å². The van der Waals surface area contributed by atoms with Gasteiger partial charge in [-0.15, -0.1) is 0 Å². The Labute approximate surface area is 169 Å². The molecule has 3 amide bonds. The highest BCUT2D eigenvalue weighted by atomic mass is 31.2. The van der Waals surface area contributed by atoms with Gasteiger partial charge in [0.2, 0.25) is 5.91 Å². The van der Waals surface area contributed by atoms with Gasteiger partial charge in [0.25, 0.3) is 0 Å².